The van der Waals surface area contributed by atoms with Crippen LogP contribution in [0.15, 0.2) is 51.9 Å². The Morgan fingerprint density at radius 3 is 2.64 bits per heavy atom. The van der Waals surface area contributed by atoms with Crippen LogP contribution < -0.4 is 16.0 Å². The molecule has 1 aromatic heterocycles. The molecule has 0 spiro atoms. The average molecular weight is 392 g/mol. The van der Waals surface area contributed by atoms with E-state index >= 15 is 0 Å². The zero-order chi connectivity index (χ0) is 20.5. The van der Waals surface area contributed by atoms with E-state index in [1.165, 1.54) is 6.07 Å². The van der Waals surface area contributed by atoms with Crippen LogP contribution in [0.3, 0.4) is 0 Å². The van der Waals surface area contributed by atoms with Crippen molar-refractivity contribution in [3.05, 3.63) is 59.1 Å². The number of phenols is 1. The minimum atomic E-state index is -4.78. The quantitative estimate of drug-likeness (QED) is 0.704. The maximum absolute atomic E-state index is 13.3. The summed E-state index contributed by atoms with van der Waals surface area (Å²) in [6.07, 6.45) is -4.78. The van der Waals surface area contributed by atoms with Gasteiger partial charge in [0.05, 0.1) is 17.9 Å². The normalized spacial score (nSPS) is 12.4. The van der Waals surface area contributed by atoms with Crippen molar-refractivity contribution < 1.29 is 32.2 Å². The summed E-state index contributed by atoms with van der Waals surface area (Å²) in [6.45, 7) is 2.09. The highest BCUT2D eigenvalue weighted by molar-refractivity contribution is 5.96. The first-order chi connectivity index (χ1) is 13.2. The minimum absolute atomic E-state index is 0.192. The fraction of sp³-hybridized carbons (Fsp3) is 0.158. The van der Waals surface area contributed by atoms with Crippen molar-refractivity contribution in [2.45, 2.75) is 13.1 Å². The molecule has 0 radical (unpaired) electrons. The lowest BCUT2D eigenvalue weighted by molar-refractivity contribution is -0.137. The molecule has 0 aliphatic rings. The minimum Gasteiger partial charge on any atom is -0.508 e. The number of carbonyl (C=O) groups is 1. The summed E-state index contributed by atoms with van der Waals surface area (Å²) in [5, 5.41) is 9.86. The van der Waals surface area contributed by atoms with E-state index in [0.717, 1.165) is 12.1 Å². The Morgan fingerprint density at radius 1 is 1.25 bits per heavy atom. The van der Waals surface area contributed by atoms with Crippen molar-refractivity contribution in [1.82, 2.24) is 0 Å². The standard InChI is InChI=1S/C19H15F3N2O4/c1-2-27-15-5-3-4-10-8-12(17(23)26)18(28-16(10)15)24-14-7-6-11(25)9-13(14)19(20,21)22/h3-9,25H,2H2,1H3,(H2,23,26). The van der Waals surface area contributed by atoms with E-state index in [1.807, 2.05) is 0 Å². The van der Waals surface area contributed by atoms with Crippen molar-refractivity contribution in [1.29, 1.82) is 0 Å². The highest BCUT2D eigenvalue weighted by Crippen LogP contribution is 2.38. The van der Waals surface area contributed by atoms with Gasteiger partial charge in [0, 0.05) is 5.39 Å². The van der Waals surface area contributed by atoms with Crippen LogP contribution in [-0.4, -0.2) is 17.6 Å². The molecule has 6 nitrogen and oxygen atoms in total. The van der Waals surface area contributed by atoms with Gasteiger partial charge in [-0.05, 0) is 37.3 Å². The number of carbonyl (C=O) groups excluding carboxylic acids is 1. The first-order valence-electron chi connectivity index (χ1n) is 8.15. The lowest BCUT2D eigenvalue weighted by Crippen LogP contribution is -2.22. The molecule has 9 heteroatoms. The van der Waals surface area contributed by atoms with Crippen LogP contribution >= 0.6 is 0 Å². The van der Waals surface area contributed by atoms with Gasteiger partial charge in [-0.2, -0.15) is 13.2 Å². The summed E-state index contributed by atoms with van der Waals surface area (Å²) in [6, 6.07) is 8.85. The Balaban J connectivity index is 2.35. The highest BCUT2D eigenvalue weighted by Gasteiger charge is 2.34. The second-order valence-corrected chi connectivity index (χ2v) is 5.75. The Labute approximate surface area is 156 Å². The summed E-state index contributed by atoms with van der Waals surface area (Å²) in [4.78, 5) is 15.7. The highest BCUT2D eigenvalue weighted by atomic mass is 19.4. The van der Waals surface area contributed by atoms with E-state index in [4.69, 9.17) is 14.9 Å². The SMILES string of the molecule is CCOc1cccc2cc(C(N)=O)c(=Nc3ccc(O)cc3C(F)(F)F)oc12. The summed E-state index contributed by atoms with van der Waals surface area (Å²) in [5.74, 6) is -1.15. The van der Waals surface area contributed by atoms with Crippen molar-refractivity contribution >= 4 is 22.6 Å². The molecule has 1 amide bonds. The number of nitrogens with zero attached hydrogens (tertiary/aromatic N) is 1. The number of para-hydroxylation sites is 1. The molecule has 0 fully saturated rings. The molecule has 1 heterocycles. The summed E-state index contributed by atoms with van der Waals surface area (Å²) in [5.41, 5.74) is 3.25. The van der Waals surface area contributed by atoms with Crippen molar-refractivity contribution in [2.75, 3.05) is 6.61 Å². The molecule has 3 N–H and O–H groups in total. The number of nitrogens with two attached hydrogens (primary N) is 1. The fourth-order valence-electron chi connectivity index (χ4n) is 2.61. The fourth-order valence-corrected chi connectivity index (χ4v) is 2.61. The maximum atomic E-state index is 13.3. The number of fused-ring (bicyclic) bond motifs is 1. The van der Waals surface area contributed by atoms with Crippen LogP contribution in [0.1, 0.15) is 22.8 Å². The van der Waals surface area contributed by atoms with Gasteiger partial charge in [0.15, 0.2) is 11.3 Å². The van der Waals surface area contributed by atoms with Crippen LogP contribution in [0.4, 0.5) is 18.9 Å². The number of rotatable bonds is 4. The monoisotopic (exact) mass is 392 g/mol. The number of primary amides is 1. The number of phenolic OH excluding ortho intramolecular Hbond substituents is 1. The summed E-state index contributed by atoms with van der Waals surface area (Å²) < 4.78 is 51.0. The van der Waals surface area contributed by atoms with Crippen LogP contribution in [0, 0.1) is 0 Å². The lowest BCUT2D eigenvalue weighted by Gasteiger charge is -2.11. The third-order valence-electron chi connectivity index (χ3n) is 3.81. The molecule has 0 aliphatic heterocycles. The number of hydrogen-bond donors (Lipinski definition) is 2. The molecule has 0 saturated heterocycles. The number of halogens is 3. The summed E-state index contributed by atoms with van der Waals surface area (Å²) in [7, 11) is 0. The van der Waals surface area contributed by atoms with Crippen molar-refractivity contribution in [2.24, 2.45) is 10.7 Å². The molecule has 0 atom stereocenters. The number of amides is 1. The number of alkyl halides is 3. The van der Waals surface area contributed by atoms with E-state index in [2.05, 4.69) is 4.99 Å². The Bertz CT molecular complexity index is 1120. The van der Waals surface area contributed by atoms with E-state index in [-0.39, 0.29) is 11.1 Å². The van der Waals surface area contributed by atoms with Crippen molar-refractivity contribution in [3.63, 3.8) is 0 Å². The molecule has 146 valence electrons. The van der Waals surface area contributed by atoms with Gasteiger partial charge in [0.25, 0.3) is 5.91 Å². The van der Waals surface area contributed by atoms with Gasteiger partial charge in [-0.3, -0.25) is 4.79 Å². The zero-order valence-electron chi connectivity index (χ0n) is 14.6. The predicted octanol–water partition coefficient (Wildman–Crippen LogP) is 3.89. The van der Waals surface area contributed by atoms with Crippen LogP contribution in [0.5, 0.6) is 11.5 Å². The van der Waals surface area contributed by atoms with Crippen LogP contribution in [0.2, 0.25) is 0 Å². The number of ether oxygens (including phenoxy) is 1. The molecule has 2 aromatic carbocycles. The Hall–Kier alpha value is -3.49. The Morgan fingerprint density at radius 2 is 2.00 bits per heavy atom. The molecule has 0 saturated carbocycles. The largest absolute Gasteiger partial charge is 0.508 e. The van der Waals surface area contributed by atoms with Crippen molar-refractivity contribution in [3.8, 4) is 11.5 Å². The van der Waals surface area contributed by atoms with E-state index in [0.29, 0.717) is 23.8 Å². The van der Waals surface area contributed by atoms with Crippen LogP contribution in [0.25, 0.3) is 11.0 Å². The number of aromatic hydroxyl groups is 1. The van der Waals surface area contributed by atoms with Gasteiger partial charge in [-0.1, -0.05) is 12.1 Å². The summed E-state index contributed by atoms with van der Waals surface area (Å²) >= 11 is 0. The first-order valence-corrected chi connectivity index (χ1v) is 8.15. The van der Waals surface area contributed by atoms with E-state index in [1.54, 1.807) is 25.1 Å². The predicted molar refractivity (Wildman–Crippen MR) is 94.2 cm³/mol. The van der Waals surface area contributed by atoms with Gasteiger partial charge < -0.3 is 20.0 Å². The molecule has 0 unspecified atom stereocenters. The smallest absolute Gasteiger partial charge is 0.418 e. The second kappa shape index (κ2) is 7.26. The second-order valence-electron chi connectivity index (χ2n) is 5.75. The molecule has 3 aromatic rings. The maximum Gasteiger partial charge on any atom is 0.418 e. The van der Waals surface area contributed by atoms with E-state index < -0.39 is 34.6 Å². The van der Waals surface area contributed by atoms with Gasteiger partial charge >= 0.3 is 6.18 Å². The first kappa shape index (κ1) is 19.3. The molecular formula is C19H15F3N2O4. The molecule has 3 rings (SSSR count). The molecule has 28 heavy (non-hydrogen) atoms. The molecular weight excluding hydrogens is 377 g/mol. The lowest BCUT2D eigenvalue weighted by atomic mass is 10.1. The molecule has 0 aliphatic carbocycles. The average Bonchev–Trinajstić information content (AvgIpc) is 2.62. The van der Waals surface area contributed by atoms with Gasteiger partial charge in [-0.15, -0.1) is 0 Å². The number of benzene rings is 2. The third kappa shape index (κ3) is 3.78. The Kier molecular flexibility index (Phi) is 5.00. The van der Waals surface area contributed by atoms with Gasteiger partial charge in [0.2, 0.25) is 5.55 Å². The van der Waals surface area contributed by atoms with Gasteiger partial charge in [0.1, 0.15) is 11.3 Å². The topological polar surface area (TPSA) is 98.1 Å². The van der Waals surface area contributed by atoms with E-state index in [9.17, 15) is 23.1 Å². The molecule has 0 bridgehead atoms. The third-order valence-corrected chi connectivity index (χ3v) is 3.81. The zero-order valence-corrected chi connectivity index (χ0v) is 14.6. The van der Waals surface area contributed by atoms with Gasteiger partial charge in [-0.25, -0.2) is 4.99 Å². The number of hydrogen-bond acceptors (Lipinski definition) is 5. The van der Waals surface area contributed by atoms with Crippen LogP contribution in [-0.2, 0) is 6.18 Å².